The number of likely N-dealkylation sites (tertiary alicyclic amines) is 1. The van der Waals surface area contributed by atoms with E-state index in [4.69, 9.17) is 0 Å². The largest absolute Gasteiger partial charge is 0.391 e. The molecule has 4 atom stereocenters. The van der Waals surface area contributed by atoms with Crippen molar-refractivity contribution in [2.24, 2.45) is 5.92 Å². The van der Waals surface area contributed by atoms with Gasteiger partial charge in [0, 0.05) is 18.6 Å². The second kappa shape index (κ2) is 4.19. The summed E-state index contributed by atoms with van der Waals surface area (Å²) >= 11 is 0. The second-order valence-electron chi connectivity index (χ2n) is 5.31. The number of hydrogen-bond donors (Lipinski definition) is 1. The maximum atomic E-state index is 9.99. The molecule has 2 nitrogen and oxygen atoms in total. The highest BCUT2D eigenvalue weighted by Crippen LogP contribution is 2.31. The van der Waals surface area contributed by atoms with Gasteiger partial charge in [-0.2, -0.15) is 0 Å². The summed E-state index contributed by atoms with van der Waals surface area (Å²) in [6, 6.07) is 1.14. The van der Waals surface area contributed by atoms with Gasteiger partial charge >= 0.3 is 0 Å². The summed E-state index contributed by atoms with van der Waals surface area (Å²) in [5, 5.41) is 9.99. The summed E-state index contributed by atoms with van der Waals surface area (Å²) in [7, 11) is 0. The molecule has 2 rings (SSSR count). The van der Waals surface area contributed by atoms with Crippen molar-refractivity contribution in [2.75, 3.05) is 6.54 Å². The predicted octanol–water partition coefficient (Wildman–Crippen LogP) is 2.02. The number of rotatable bonds is 1. The highest BCUT2D eigenvalue weighted by Gasteiger charge is 2.36. The maximum absolute atomic E-state index is 9.99. The van der Waals surface area contributed by atoms with Crippen LogP contribution >= 0.6 is 0 Å². The molecular weight excluding hydrogens is 174 g/mol. The van der Waals surface area contributed by atoms with E-state index >= 15 is 0 Å². The zero-order valence-corrected chi connectivity index (χ0v) is 9.45. The van der Waals surface area contributed by atoms with Crippen LogP contribution in [-0.2, 0) is 0 Å². The molecule has 1 aliphatic carbocycles. The van der Waals surface area contributed by atoms with E-state index in [-0.39, 0.29) is 6.10 Å². The topological polar surface area (TPSA) is 23.5 Å². The first kappa shape index (κ1) is 10.4. The third kappa shape index (κ3) is 1.96. The maximum Gasteiger partial charge on any atom is 0.0695 e. The zero-order valence-electron chi connectivity index (χ0n) is 9.45. The Morgan fingerprint density at radius 3 is 2.43 bits per heavy atom. The number of aliphatic hydroxyl groups is 1. The predicted molar refractivity (Wildman–Crippen MR) is 58.2 cm³/mol. The van der Waals surface area contributed by atoms with Gasteiger partial charge < -0.3 is 5.11 Å². The van der Waals surface area contributed by atoms with Crippen LogP contribution in [0.2, 0.25) is 0 Å². The van der Waals surface area contributed by atoms with Crippen LogP contribution in [0.5, 0.6) is 0 Å². The Balaban J connectivity index is 1.99. The zero-order chi connectivity index (χ0) is 10.1. The third-order valence-corrected chi connectivity index (χ3v) is 3.95. The Morgan fingerprint density at radius 1 is 1.14 bits per heavy atom. The lowest BCUT2D eigenvalue weighted by molar-refractivity contribution is 0.0155. The molecule has 1 aliphatic heterocycles. The number of nitrogens with zero attached hydrogens (tertiary/aromatic N) is 1. The molecule has 0 aromatic heterocycles. The van der Waals surface area contributed by atoms with Gasteiger partial charge in [-0.05, 0) is 32.1 Å². The average molecular weight is 197 g/mol. The monoisotopic (exact) mass is 197 g/mol. The minimum absolute atomic E-state index is 0.0588. The van der Waals surface area contributed by atoms with E-state index in [0.717, 1.165) is 12.3 Å². The Hall–Kier alpha value is -0.0800. The molecule has 1 saturated carbocycles. The lowest BCUT2D eigenvalue weighted by Crippen LogP contribution is -2.47. The van der Waals surface area contributed by atoms with E-state index in [2.05, 4.69) is 18.7 Å². The number of aliphatic hydroxyl groups excluding tert-OH is 1. The van der Waals surface area contributed by atoms with Gasteiger partial charge in [0.25, 0.3) is 0 Å². The van der Waals surface area contributed by atoms with Gasteiger partial charge in [0.15, 0.2) is 0 Å². The molecule has 0 aromatic rings. The highest BCUT2D eigenvalue weighted by atomic mass is 16.3. The lowest BCUT2D eigenvalue weighted by Gasteiger charge is -2.37. The fourth-order valence-corrected chi connectivity index (χ4v) is 3.27. The van der Waals surface area contributed by atoms with Crippen LogP contribution in [0, 0.1) is 5.92 Å². The van der Waals surface area contributed by atoms with Crippen LogP contribution in [0.4, 0.5) is 0 Å². The van der Waals surface area contributed by atoms with Gasteiger partial charge in [-0.25, -0.2) is 0 Å². The fourth-order valence-electron chi connectivity index (χ4n) is 3.27. The van der Waals surface area contributed by atoms with Crippen LogP contribution in [-0.4, -0.2) is 34.7 Å². The normalized spacial score (nSPS) is 45.6. The highest BCUT2D eigenvalue weighted by molar-refractivity contribution is 4.90. The average Bonchev–Trinajstić information content (AvgIpc) is 2.46. The van der Waals surface area contributed by atoms with Crippen LogP contribution in [0.1, 0.15) is 46.0 Å². The van der Waals surface area contributed by atoms with Crippen molar-refractivity contribution in [1.82, 2.24) is 4.90 Å². The smallest absolute Gasteiger partial charge is 0.0695 e. The number of hydrogen-bond acceptors (Lipinski definition) is 2. The summed E-state index contributed by atoms with van der Waals surface area (Å²) in [4.78, 5) is 2.55. The molecular formula is C12H23NO. The summed E-state index contributed by atoms with van der Waals surface area (Å²) in [5.74, 6) is 0.819. The minimum atomic E-state index is -0.0588. The first-order valence-corrected chi connectivity index (χ1v) is 6.12. The van der Waals surface area contributed by atoms with Crippen molar-refractivity contribution < 1.29 is 5.11 Å². The second-order valence-corrected chi connectivity index (χ2v) is 5.31. The summed E-state index contributed by atoms with van der Waals surface area (Å²) in [5.41, 5.74) is 0. The molecule has 1 saturated heterocycles. The van der Waals surface area contributed by atoms with E-state index in [0.29, 0.717) is 12.1 Å². The first-order valence-electron chi connectivity index (χ1n) is 6.12. The summed E-state index contributed by atoms with van der Waals surface area (Å²) < 4.78 is 0. The molecule has 0 aromatic carbocycles. The minimum Gasteiger partial charge on any atom is -0.391 e. The van der Waals surface area contributed by atoms with E-state index in [1.54, 1.807) is 0 Å². The molecule has 0 bridgehead atoms. The van der Waals surface area contributed by atoms with Gasteiger partial charge in [0.1, 0.15) is 0 Å². The van der Waals surface area contributed by atoms with Crippen LogP contribution < -0.4 is 0 Å². The quantitative estimate of drug-likeness (QED) is 0.695. The Bertz CT molecular complexity index is 191. The van der Waals surface area contributed by atoms with Crippen molar-refractivity contribution in [3.63, 3.8) is 0 Å². The SMILES string of the molecule is CC1CC(C)N(C2CCCCC2O)C1. The van der Waals surface area contributed by atoms with Crippen LogP contribution in [0.15, 0.2) is 0 Å². The van der Waals surface area contributed by atoms with Crippen molar-refractivity contribution in [2.45, 2.75) is 64.1 Å². The van der Waals surface area contributed by atoms with Crippen LogP contribution in [0.25, 0.3) is 0 Å². The molecule has 4 unspecified atom stereocenters. The molecule has 2 aliphatic rings. The molecule has 0 spiro atoms. The van der Waals surface area contributed by atoms with Gasteiger partial charge in [0.05, 0.1) is 6.10 Å². The van der Waals surface area contributed by atoms with Crippen molar-refractivity contribution in [1.29, 1.82) is 0 Å². The van der Waals surface area contributed by atoms with E-state index in [9.17, 15) is 5.11 Å². The van der Waals surface area contributed by atoms with Crippen molar-refractivity contribution >= 4 is 0 Å². The Morgan fingerprint density at radius 2 is 1.86 bits per heavy atom. The molecule has 2 heteroatoms. The van der Waals surface area contributed by atoms with E-state index < -0.39 is 0 Å². The third-order valence-electron chi connectivity index (χ3n) is 3.95. The summed E-state index contributed by atoms with van der Waals surface area (Å²) in [6.07, 6.45) is 6.00. The molecule has 14 heavy (non-hydrogen) atoms. The van der Waals surface area contributed by atoms with E-state index in [1.807, 2.05) is 0 Å². The summed E-state index contributed by atoms with van der Waals surface area (Å²) in [6.45, 7) is 5.83. The van der Waals surface area contributed by atoms with Crippen molar-refractivity contribution in [3.05, 3.63) is 0 Å². The van der Waals surface area contributed by atoms with Gasteiger partial charge in [0.2, 0.25) is 0 Å². The van der Waals surface area contributed by atoms with Gasteiger partial charge in [-0.3, -0.25) is 4.90 Å². The van der Waals surface area contributed by atoms with Gasteiger partial charge in [-0.15, -0.1) is 0 Å². The molecule has 1 N–H and O–H groups in total. The fraction of sp³-hybridized carbons (Fsp3) is 1.00. The standard InChI is InChI=1S/C12H23NO/c1-9-7-10(2)13(8-9)11-5-3-4-6-12(11)14/h9-12,14H,3-8H2,1-2H3. The Kier molecular flexibility index (Phi) is 3.13. The van der Waals surface area contributed by atoms with Crippen molar-refractivity contribution in [3.8, 4) is 0 Å². The molecule has 82 valence electrons. The molecule has 1 heterocycles. The van der Waals surface area contributed by atoms with Crippen LogP contribution in [0.3, 0.4) is 0 Å². The molecule has 0 amide bonds. The van der Waals surface area contributed by atoms with E-state index in [1.165, 1.54) is 32.2 Å². The Labute approximate surface area is 87.3 Å². The molecule has 2 fully saturated rings. The first-order chi connectivity index (χ1) is 6.68. The van der Waals surface area contributed by atoms with Gasteiger partial charge in [-0.1, -0.05) is 19.8 Å². The lowest BCUT2D eigenvalue weighted by atomic mass is 9.91. The molecule has 0 radical (unpaired) electrons.